The van der Waals surface area contributed by atoms with E-state index in [0.717, 1.165) is 46.5 Å². The van der Waals surface area contributed by atoms with E-state index in [0.29, 0.717) is 17.2 Å². The number of hydrogen-bond donors (Lipinski definition) is 1. The molecule has 1 N–H and O–H groups in total. The van der Waals surface area contributed by atoms with Crippen LogP contribution in [0.1, 0.15) is 66.0 Å². The second-order valence-electron chi connectivity index (χ2n) is 8.32. The third-order valence-electron chi connectivity index (χ3n) is 5.22. The predicted molar refractivity (Wildman–Crippen MR) is 124 cm³/mol. The summed E-state index contributed by atoms with van der Waals surface area (Å²) in [5.41, 5.74) is -1.08. The molecule has 14 heteroatoms. The Hall–Kier alpha value is -3.55. The minimum Gasteiger partial charge on any atom is -0.463 e. The van der Waals surface area contributed by atoms with E-state index in [9.17, 15) is 28.4 Å². The van der Waals surface area contributed by atoms with Gasteiger partial charge in [-0.15, -0.1) is 0 Å². The fourth-order valence-corrected chi connectivity index (χ4v) is 3.64. The van der Waals surface area contributed by atoms with E-state index < -0.39 is 72.5 Å². The number of carbonyl (C=O) groups is 4. The zero-order valence-electron chi connectivity index (χ0n) is 21.2. The van der Waals surface area contributed by atoms with Crippen molar-refractivity contribution in [3.05, 3.63) is 22.5 Å². The summed E-state index contributed by atoms with van der Waals surface area (Å²) in [7, 11) is 0. The van der Waals surface area contributed by atoms with Gasteiger partial charge in [0.05, 0.1) is 12.8 Å². The molecular formula is C23H32FN3O10. The van der Waals surface area contributed by atoms with Crippen LogP contribution in [0.15, 0.2) is 11.0 Å². The van der Waals surface area contributed by atoms with E-state index in [1.165, 1.54) is 0 Å². The fourth-order valence-electron chi connectivity index (χ4n) is 3.64. The first-order valence-corrected chi connectivity index (χ1v) is 11.9. The second kappa shape index (κ2) is 14.3. The van der Waals surface area contributed by atoms with Crippen molar-refractivity contribution in [2.24, 2.45) is 0 Å². The number of ether oxygens (including phenoxy) is 5. The number of carbonyl (C=O) groups excluding carboxylic acids is 4. The molecule has 1 aliphatic rings. The molecule has 1 aromatic rings. The number of anilines is 1. The van der Waals surface area contributed by atoms with Gasteiger partial charge in [0.2, 0.25) is 0 Å². The number of halogens is 1. The average Bonchev–Trinajstić information content (AvgIpc) is 3.12. The molecule has 0 aliphatic carbocycles. The summed E-state index contributed by atoms with van der Waals surface area (Å²) in [6.07, 6.45) is -0.956. The minimum absolute atomic E-state index is 0.121. The molecule has 1 amide bonds. The number of rotatable bonds is 12. The van der Waals surface area contributed by atoms with Crippen molar-refractivity contribution in [3.63, 3.8) is 0 Å². The molecule has 1 fully saturated rings. The number of hydrogen-bond acceptors (Lipinski definition) is 11. The fraction of sp³-hybridized carbons (Fsp3) is 0.652. The molecule has 1 saturated heterocycles. The lowest BCUT2D eigenvalue weighted by molar-refractivity contribution is -0.166. The first-order valence-electron chi connectivity index (χ1n) is 11.9. The minimum atomic E-state index is -1.49. The topological polar surface area (TPSA) is 161 Å². The largest absolute Gasteiger partial charge is 0.463 e. The zero-order valence-corrected chi connectivity index (χ0v) is 21.2. The van der Waals surface area contributed by atoms with Crippen LogP contribution in [0.3, 0.4) is 0 Å². The number of nitrogens with zero attached hydrogens (tertiary/aromatic N) is 2. The molecule has 2 rings (SSSR count). The van der Waals surface area contributed by atoms with Gasteiger partial charge in [0.1, 0.15) is 12.7 Å². The van der Waals surface area contributed by atoms with Crippen LogP contribution in [0.25, 0.3) is 0 Å². The maximum atomic E-state index is 14.8. The smallest absolute Gasteiger partial charge is 0.412 e. The standard InChI is InChI=1S/C23H32FN3O10/c1-5-6-7-8-9-10-33-23(32)26-20-16(24)11-27(22(31)25-20)21-19(36-15(4)30)18(35-14(3)29)17(37-21)12-34-13(2)28/h11,17-19,21H,5-10,12H2,1-4H3,(H,25,26,31,32)/t17-,18-,19-,21-/m1/s1. The summed E-state index contributed by atoms with van der Waals surface area (Å²) >= 11 is 0. The lowest BCUT2D eigenvalue weighted by Crippen LogP contribution is -2.42. The molecule has 0 bridgehead atoms. The SMILES string of the molecule is CCCCCCCOC(=O)Nc1nc(=O)n([C@@H]2O[C@H](COC(C)=O)[C@@H](OC(C)=O)[C@H]2OC(C)=O)cc1F. The highest BCUT2D eigenvalue weighted by Gasteiger charge is 2.51. The number of aromatic nitrogens is 2. The van der Waals surface area contributed by atoms with Crippen molar-refractivity contribution in [1.82, 2.24) is 9.55 Å². The first-order chi connectivity index (χ1) is 17.5. The van der Waals surface area contributed by atoms with Crippen LogP contribution in [-0.2, 0) is 38.1 Å². The van der Waals surface area contributed by atoms with Gasteiger partial charge in [-0.25, -0.2) is 14.0 Å². The molecule has 37 heavy (non-hydrogen) atoms. The van der Waals surface area contributed by atoms with Gasteiger partial charge in [-0.3, -0.25) is 24.3 Å². The maximum Gasteiger partial charge on any atom is 0.412 e. The molecule has 0 saturated carbocycles. The number of unbranched alkanes of at least 4 members (excludes halogenated alkanes) is 4. The summed E-state index contributed by atoms with van der Waals surface area (Å²) < 4.78 is 41.5. The quantitative estimate of drug-likeness (QED) is 0.240. The van der Waals surface area contributed by atoms with Crippen molar-refractivity contribution in [2.45, 2.75) is 84.3 Å². The monoisotopic (exact) mass is 529 g/mol. The van der Waals surface area contributed by atoms with Gasteiger partial charge in [0.15, 0.2) is 30.1 Å². The van der Waals surface area contributed by atoms with Gasteiger partial charge in [-0.05, 0) is 6.42 Å². The Morgan fingerprint density at radius 3 is 2.27 bits per heavy atom. The van der Waals surface area contributed by atoms with Crippen molar-refractivity contribution in [2.75, 3.05) is 18.5 Å². The number of esters is 3. The van der Waals surface area contributed by atoms with Gasteiger partial charge in [0, 0.05) is 20.8 Å². The Bertz CT molecular complexity index is 1030. The first kappa shape index (κ1) is 29.7. The Morgan fingerprint density at radius 1 is 1.00 bits per heavy atom. The van der Waals surface area contributed by atoms with E-state index in [1.807, 2.05) is 0 Å². The molecule has 0 radical (unpaired) electrons. The Labute approximate surface area is 212 Å². The molecule has 1 aromatic heterocycles. The van der Waals surface area contributed by atoms with Crippen LogP contribution in [0.4, 0.5) is 15.0 Å². The van der Waals surface area contributed by atoms with Crippen LogP contribution >= 0.6 is 0 Å². The summed E-state index contributed by atoms with van der Waals surface area (Å²) in [5, 5.41) is 2.08. The number of amides is 1. The molecule has 206 valence electrons. The molecule has 1 aliphatic heterocycles. The third-order valence-corrected chi connectivity index (χ3v) is 5.22. The summed E-state index contributed by atoms with van der Waals surface area (Å²) in [5.74, 6) is -4.02. The van der Waals surface area contributed by atoms with Crippen LogP contribution in [0.5, 0.6) is 0 Å². The van der Waals surface area contributed by atoms with Crippen LogP contribution < -0.4 is 11.0 Å². The van der Waals surface area contributed by atoms with Gasteiger partial charge < -0.3 is 23.7 Å². The summed E-state index contributed by atoms with van der Waals surface area (Å²) in [6.45, 7) is 5.11. The van der Waals surface area contributed by atoms with Gasteiger partial charge in [-0.1, -0.05) is 32.6 Å². The molecule has 13 nitrogen and oxygen atoms in total. The number of nitrogens with one attached hydrogen (secondary N) is 1. The van der Waals surface area contributed by atoms with Crippen molar-refractivity contribution >= 4 is 29.8 Å². The summed E-state index contributed by atoms with van der Waals surface area (Å²) in [4.78, 5) is 62.9. The Balaban J connectivity index is 2.21. The molecule has 0 aromatic carbocycles. The predicted octanol–water partition coefficient (Wildman–Crippen LogP) is 2.23. The Kier molecular flexibility index (Phi) is 11.4. The van der Waals surface area contributed by atoms with E-state index in [1.54, 1.807) is 0 Å². The van der Waals surface area contributed by atoms with Crippen molar-refractivity contribution < 1.29 is 47.3 Å². The molecule has 4 atom stereocenters. The van der Waals surface area contributed by atoms with Crippen LogP contribution in [0, 0.1) is 5.82 Å². The molecule has 2 heterocycles. The second-order valence-corrected chi connectivity index (χ2v) is 8.32. The lowest BCUT2D eigenvalue weighted by atomic mass is 10.1. The van der Waals surface area contributed by atoms with E-state index in [4.69, 9.17) is 23.7 Å². The highest BCUT2D eigenvalue weighted by Crippen LogP contribution is 2.34. The molecular weight excluding hydrogens is 497 g/mol. The van der Waals surface area contributed by atoms with Gasteiger partial charge in [-0.2, -0.15) is 4.98 Å². The molecule has 0 unspecified atom stereocenters. The van der Waals surface area contributed by atoms with Gasteiger partial charge in [0.25, 0.3) is 0 Å². The van der Waals surface area contributed by atoms with E-state index >= 15 is 0 Å². The molecule has 0 spiro atoms. The highest BCUT2D eigenvalue weighted by atomic mass is 19.1. The van der Waals surface area contributed by atoms with Crippen molar-refractivity contribution in [3.8, 4) is 0 Å². The van der Waals surface area contributed by atoms with Gasteiger partial charge >= 0.3 is 29.7 Å². The summed E-state index contributed by atoms with van der Waals surface area (Å²) in [6, 6.07) is 0. The van der Waals surface area contributed by atoms with Crippen LogP contribution in [0.2, 0.25) is 0 Å². The maximum absolute atomic E-state index is 14.8. The van der Waals surface area contributed by atoms with Crippen LogP contribution in [-0.4, -0.2) is 65.1 Å². The average molecular weight is 530 g/mol. The van der Waals surface area contributed by atoms with E-state index in [-0.39, 0.29) is 6.61 Å². The highest BCUT2D eigenvalue weighted by molar-refractivity contribution is 5.83. The lowest BCUT2D eigenvalue weighted by Gasteiger charge is -2.24. The van der Waals surface area contributed by atoms with E-state index in [2.05, 4.69) is 17.2 Å². The van der Waals surface area contributed by atoms with Crippen molar-refractivity contribution in [1.29, 1.82) is 0 Å². The normalized spacial score (nSPS) is 20.7. The third kappa shape index (κ3) is 9.12. The Morgan fingerprint density at radius 2 is 1.65 bits per heavy atom. The zero-order chi connectivity index (χ0) is 27.5.